The highest BCUT2D eigenvalue weighted by Crippen LogP contribution is 2.21. The van der Waals surface area contributed by atoms with Crippen molar-refractivity contribution in [3.63, 3.8) is 0 Å². The lowest BCUT2D eigenvalue weighted by Gasteiger charge is -2.31. The Morgan fingerprint density at radius 1 is 0.797 bits per heavy atom. The van der Waals surface area contributed by atoms with E-state index in [2.05, 4.69) is 44.1 Å². The quantitative estimate of drug-likeness (QED) is 0.0525. The molecule has 7 amide bonds. The second-order valence-corrected chi connectivity index (χ2v) is 17.6. The Balaban J connectivity index is 3.36. The molecule has 1 rings (SSSR count). The smallest absolute Gasteiger partial charge is 0.325 e. The first kappa shape index (κ1) is 52.6. The van der Waals surface area contributed by atoms with Crippen molar-refractivity contribution in [2.75, 3.05) is 24.6 Å². The fourth-order valence-corrected chi connectivity index (χ4v) is 7.28. The van der Waals surface area contributed by atoms with Crippen LogP contribution in [0.1, 0.15) is 115 Å². The summed E-state index contributed by atoms with van der Waals surface area (Å²) in [6.45, 7) is 19.5. The van der Waals surface area contributed by atoms with Crippen molar-refractivity contribution >= 4 is 59.1 Å². The van der Waals surface area contributed by atoms with Crippen LogP contribution in [-0.4, -0.2) is 118 Å². The van der Waals surface area contributed by atoms with Crippen LogP contribution in [0.5, 0.6) is 0 Å². The van der Waals surface area contributed by atoms with E-state index in [1.807, 2.05) is 41.5 Å². The summed E-state index contributed by atoms with van der Waals surface area (Å²) in [5.74, 6) is -5.20. The molecule has 16 nitrogen and oxygen atoms in total. The van der Waals surface area contributed by atoms with Crippen LogP contribution in [0.4, 0.5) is 0 Å². The number of hydrogen-bond acceptors (Lipinski definition) is 9. The van der Waals surface area contributed by atoms with Gasteiger partial charge in [0.2, 0.25) is 41.4 Å². The average molecular weight is 850 g/mol. The minimum Gasteiger partial charge on any atom is -0.480 e. The fraction of sp³-hybridized carbons (Fsp3) is 0.714. The Hall–Kier alpha value is -4.41. The van der Waals surface area contributed by atoms with E-state index in [-0.39, 0.29) is 30.7 Å². The van der Waals surface area contributed by atoms with Gasteiger partial charge in [0.1, 0.15) is 36.3 Å². The van der Waals surface area contributed by atoms with Crippen molar-refractivity contribution in [2.45, 2.75) is 151 Å². The Bertz CT molecular complexity index is 1530. The van der Waals surface area contributed by atoms with E-state index >= 15 is 0 Å². The molecule has 0 aromatic carbocycles. The molecule has 1 saturated heterocycles. The Labute approximate surface area is 355 Å². The van der Waals surface area contributed by atoms with E-state index in [9.17, 15) is 43.5 Å². The number of amides is 7. The van der Waals surface area contributed by atoms with Crippen molar-refractivity contribution in [3.8, 4) is 0 Å². The highest BCUT2D eigenvalue weighted by molar-refractivity contribution is 7.99. The highest BCUT2D eigenvalue weighted by Gasteiger charge is 2.40. The zero-order valence-electron chi connectivity index (χ0n) is 37.0. The first-order valence-corrected chi connectivity index (χ1v) is 21.9. The monoisotopic (exact) mass is 850 g/mol. The number of nitrogens with zero attached hydrogens (tertiary/aromatic N) is 1. The molecule has 17 heteroatoms. The van der Waals surface area contributed by atoms with E-state index < -0.39 is 89.5 Å². The van der Waals surface area contributed by atoms with Gasteiger partial charge < -0.3 is 41.9 Å². The molecule has 0 saturated carbocycles. The number of carbonyl (C=O) groups is 8. The van der Waals surface area contributed by atoms with Gasteiger partial charge in [-0.15, -0.1) is 0 Å². The number of rotatable bonds is 25. The number of nitrogens with one attached hydrogen (secondary N) is 6. The molecule has 0 aliphatic carbocycles. The molecule has 0 spiro atoms. The summed E-state index contributed by atoms with van der Waals surface area (Å²) in [5.41, 5.74) is 2.41. The molecule has 334 valence electrons. The topological polar surface area (TPSA) is 232 Å². The zero-order valence-corrected chi connectivity index (χ0v) is 37.8. The van der Waals surface area contributed by atoms with E-state index in [1.54, 1.807) is 20.8 Å². The summed E-state index contributed by atoms with van der Waals surface area (Å²) in [4.78, 5) is 106. The van der Waals surface area contributed by atoms with Crippen LogP contribution in [0, 0.1) is 17.8 Å². The maximum absolute atomic E-state index is 14.1. The van der Waals surface area contributed by atoms with Crippen LogP contribution in [0.3, 0.4) is 0 Å². The molecule has 1 aliphatic rings. The lowest BCUT2D eigenvalue weighted by Crippen LogP contribution is -2.61. The molecule has 0 bridgehead atoms. The molecule has 1 heterocycles. The van der Waals surface area contributed by atoms with Crippen molar-refractivity contribution in [3.05, 3.63) is 23.3 Å². The summed E-state index contributed by atoms with van der Waals surface area (Å²) in [6, 6.07) is -6.37. The van der Waals surface area contributed by atoms with Crippen LogP contribution < -0.4 is 31.9 Å². The number of hydrogen-bond donors (Lipinski definition) is 7. The number of carbonyl (C=O) groups excluding carboxylic acids is 7. The third-order valence-corrected chi connectivity index (χ3v) is 11.0. The average Bonchev–Trinajstić information content (AvgIpc) is 3.65. The van der Waals surface area contributed by atoms with Gasteiger partial charge in [-0.2, -0.15) is 11.8 Å². The van der Waals surface area contributed by atoms with E-state index in [1.165, 1.54) is 41.7 Å². The molecule has 0 aromatic rings. The minimum atomic E-state index is -1.23. The number of allylic oxidation sites excluding steroid dienone is 3. The van der Waals surface area contributed by atoms with Gasteiger partial charge in [-0.3, -0.25) is 38.4 Å². The van der Waals surface area contributed by atoms with Crippen LogP contribution >= 0.6 is 11.8 Å². The van der Waals surface area contributed by atoms with Gasteiger partial charge >= 0.3 is 5.97 Å². The van der Waals surface area contributed by atoms with Crippen LogP contribution in [0.2, 0.25) is 0 Å². The zero-order chi connectivity index (χ0) is 45.0. The Kier molecular flexibility index (Phi) is 23.8. The molecule has 59 heavy (non-hydrogen) atoms. The highest BCUT2D eigenvalue weighted by atomic mass is 32.2. The molecule has 1 unspecified atom stereocenters. The first-order valence-electron chi connectivity index (χ1n) is 20.7. The molecule has 0 aromatic heterocycles. The number of thioether (sulfide) groups is 1. The number of carboxylic acids is 1. The summed E-state index contributed by atoms with van der Waals surface area (Å²) in [5, 5.41) is 25.2. The van der Waals surface area contributed by atoms with Crippen LogP contribution in [0.25, 0.3) is 0 Å². The summed E-state index contributed by atoms with van der Waals surface area (Å²) in [7, 11) is 0. The second-order valence-electron chi connectivity index (χ2n) is 16.5. The fourth-order valence-electron chi connectivity index (χ4n) is 6.27. The summed E-state index contributed by atoms with van der Waals surface area (Å²) < 4.78 is 0. The maximum Gasteiger partial charge on any atom is 0.325 e. The van der Waals surface area contributed by atoms with E-state index in [4.69, 9.17) is 0 Å². The minimum absolute atomic E-state index is 0.0177. The Morgan fingerprint density at radius 2 is 1.42 bits per heavy atom. The standard InChI is InChI=1S/C42H71N7O9S/c1-12-28(9)36(40(55)44-29(10)42(57)58)48-39(54)35(26(6)7)47-37(52)32(23-59-20-18-27(8)16-13-15-24(2)3)46-38(53)33-17-14-19-49(33)41(56)31(21-25(4)5)45-34(51)22-43-30(11)50/h15,18,25-26,28-29,31-33,35-36H,12-14,16-17,19-23H2,1-11H3,(H,43,50)(H,44,55)(H,45,51)(H,46,53)(H,47,52)(H,48,54)(H,57,58)/b27-18+/t28-,29-,31-,32?,33-,35-,36-/m0/s1. The molecule has 7 atom stereocenters. The van der Waals surface area contributed by atoms with Gasteiger partial charge in [0.05, 0.1) is 6.54 Å². The SMILES string of the molecule is CC[C@H](C)[C@H](NC(=O)[C@@H](NC(=O)C(CSC/C=C(\C)CCC=C(C)C)NC(=O)[C@@H]1CCCN1C(=O)[C@H](CC(C)C)NC(=O)CNC(C)=O)C(C)C)C(=O)N[C@@H](C)C(=O)O. The third-order valence-electron chi connectivity index (χ3n) is 10.0. The summed E-state index contributed by atoms with van der Waals surface area (Å²) >= 11 is 1.42. The number of likely N-dealkylation sites (tertiary alicyclic amines) is 1. The largest absolute Gasteiger partial charge is 0.480 e. The molecule has 7 N–H and O–H groups in total. The summed E-state index contributed by atoms with van der Waals surface area (Å²) in [6.07, 6.45) is 7.66. The van der Waals surface area contributed by atoms with Gasteiger partial charge in [0.15, 0.2) is 0 Å². The van der Waals surface area contributed by atoms with E-state index in [0.29, 0.717) is 31.4 Å². The van der Waals surface area contributed by atoms with Crippen molar-refractivity contribution in [1.29, 1.82) is 0 Å². The lowest BCUT2D eigenvalue weighted by atomic mass is 9.96. The predicted octanol–water partition coefficient (Wildman–Crippen LogP) is 2.82. The normalized spacial score (nSPS) is 17.1. The van der Waals surface area contributed by atoms with Crippen molar-refractivity contribution in [2.24, 2.45) is 17.8 Å². The van der Waals surface area contributed by atoms with Crippen molar-refractivity contribution in [1.82, 2.24) is 36.8 Å². The lowest BCUT2D eigenvalue weighted by molar-refractivity contribution is -0.142. The van der Waals surface area contributed by atoms with Crippen LogP contribution in [-0.2, 0) is 38.4 Å². The van der Waals surface area contributed by atoms with Gasteiger partial charge in [-0.25, -0.2) is 0 Å². The third kappa shape index (κ3) is 19.5. The van der Waals surface area contributed by atoms with Gasteiger partial charge in [-0.1, -0.05) is 71.3 Å². The Morgan fingerprint density at radius 3 is 1.98 bits per heavy atom. The van der Waals surface area contributed by atoms with Gasteiger partial charge in [0, 0.05) is 25.0 Å². The van der Waals surface area contributed by atoms with Crippen LogP contribution in [0.15, 0.2) is 23.3 Å². The molecular weight excluding hydrogens is 779 g/mol. The van der Waals surface area contributed by atoms with E-state index in [0.717, 1.165) is 12.8 Å². The van der Waals surface area contributed by atoms with Crippen molar-refractivity contribution < 1.29 is 43.5 Å². The molecule has 1 aliphatic heterocycles. The molecule has 1 fully saturated rings. The molecular formula is C42H71N7O9S. The number of carboxylic acid groups (broad SMARTS) is 1. The first-order chi connectivity index (χ1) is 27.6. The molecule has 0 radical (unpaired) electrons. The van der Waals surface area contributed by atoms with Gasteiger partial charge in [-0.05, 0) is 77.6 Å². The predicted molar refractivity (Wildman–Crippen MR) is 230 cm³/mol. The van der Waals surface area contributed by atoms with Gasteiger partial charge in [0.25, 0.3) is 0 Å². The second kappa shape index (κ2) is 26.6. The maximum atomic E-state index is 14.1. The number of aliphatic carboxylic acids is 1.